The third-order valence-electron chi connectivity index (χ3n) is 4.78. The van der Waals surface area contributed by atoms with Crippen LogP contribution in [0.25, 0.3) is 0 Å². The van der Waals surface area contributed by atoms with Crippen LogP contribution in [0.4, 0.5) is 0 Å². The van der Waals surface area contributed by atoms with Gasteiger partial charge in [0.1, 0.15) is 0 Å². The zero-order valence-corrected chi connectivity index (χ0v) is 13.1. The van der Waals surface area contributed by atoms with Crippen molar-refractivity contribution in [1.82, 2.24) is 4.90 Å². The van der Waals surface area contributed by atoms with Gasteiger partial charge in [0.2, 0.25) is 5.91 Å². The molecule has 1 saturated carbocycles. The number of rotatable bonds is 3. The summed E-state index contributed by atoms with van der Waals surface area (Å²) in [6.45, 7) is 5.04. The summed E-state index contributed by atoms with van der Waals surface area (Å²) in [5.41, 5.74) is -0.849. The molecule has 0 bridgehead atoms. The van der Waals surface area contributed by atoms with Crippen LogP contribution in [0.1, 0.15) is 58.8 Å². The minimum atomic E-state index is -0.849. The first-order valence-corrected chi connectivity index (χ1v) is 8.09. The first kappa shape index (κ1) is 16.3. The Morgan fingerprint density at radius 3 is 2.10 bits per heavy atom. The second kappa shape index (κ2) is 6.77. The maximum atomic E-state index is 12.6. The average molecular weight is 297 g/mol. The van der Waals surface area contributed by atoms with E-state index in [4.69, 9.17) is 4.74 Å². The quantitative estimate of drug-likeness (QED) is 0.813. The number of ether oxygens (including phenoxy) is 1. The van der Waals surface area contributed by atoms with E-state index >= 15 is 0 Å². The molecule has 5 heteroatoms. The van der Waals surface area contributed by atoms with Gasteiger partial charge in [-0.2, -0.15) is 0 Å². The largest absolute Gasteiger partial charge is 0.481 e. The highest BCUT2D eigenvalue weighted by Gasteiger charge is 2.42. The monoisotopic (exact) mass is 297 g/mol. The predicted molar refractivity (Wildman–Crippen MR) is 79.0 cm³/mol. The number of aliphatic carboxylic acids is 1. The van der Waals surface area contributed by atoms with E-state index < -0.39 is 11.4 Å². The van der Waals surface area contributed by atoms with E-state index in [0.29, 0.717) is 25.9 Å². The van der Waals surface area contributed by atoms with Crippen molar-refractivity contribution in [2.75, 3.05) is 13.1 Å². The van der Waals surface area contributed by atoms with Crippen molar-refractivity contribution in [3.63, 3.8) is 0 Å². The molecule has 2 atom stereocenters. The fourth-order valence-corrected chi connectivity index (χ4v) is 3.65. The molecule has 0 spiro atoms. The summed E-state index contributed by atoms with van der Waals surface area (Å²) < 4.78 is 5.64. The second-order valence-corrected chi connectivity index (χ2v) is 6.73. The molecule has 0 aromatic rings. The third kappa shape index (κ3) is 3.96. The molecule has 1 saturated heterocycles. The number of carboxylic acids is 1. The van der Waals surface area contributed by atoms with Gasteiger partial charge in [-0.3, -0.25) is 9.59 Å². The lowest BCUT2D eigenvalue weighted by atomic mass is 9.77. The Morgan fingerprint density at radius 2 is 1.62 bits per heavy atom. The molecule has 1 heterocycles. The molecule has 1 aliphatic heterocycles. The van der Waals surface area contributed by atoms with Crippen molar-refractivity contribution in [3.05, 3.63) is 0 Å². The van der Waals surface area contributed by atoms with Crippen molar-refractivity contribution in [3.8, 4) is 0 Å². The summed E-state index contributed by atoms with van der Waals surface area (Å²) in [6.07, 6.45) is 5.42. The van der Waals surface area contributed by atoms with Crippen molar-refractivity contribution in [2.24, 2.45) is 5.41 Å². The molecule has 1 amide bonds. The van der Waals surface area contributed by atoms with Crippen LogP contribution in [0.5, 0.6) is 0 Å². The minimum absolute atomic E-state index is 0.0209. The maximum absolute atomic E-state index is 12.6. The van der Waals surface area contributed by atoms with Crippen LogP contribution in [0.2, 0.25) is 0 Å². The topological polar surface area (TPSA) is 66.8 Å². The number of carbonyl (C=O) groups excluding carboxylic acids is 1. The van der Waals surface area contributed by atoms with Gasteiger partial charge in [-0.05, 0) is 26.7 Å². The number of hydrogen-bond donors (Lipinski definition) is 1. The van der Waals surface area contributed by atoms with Crippen molar-refractivity contribution >= 4 is 11.9 Å². The number of nitrogens with zero attached hydrogens (tertiary/aromatic N) is 1. The Labute approximate surface area is 126 Å². The van der Waals surface area contributed by atoms with Crippen LogP contribution in [0.15, 0.2) is 0 Å². The molecular formula is C16H27NO4. The smallest absolute Gasteiger partial charge is 0.310 e. The molecule has 0 aromatic carbocycles. The Hall–Kier alpha value is -1.10. The highest BCUT2D eigenvalue weighted by molar-refractivity contribution is 5.85. The number of amides is 1. The van der Waals surface area contributed by atoms with Crippen molar-refractivity contribution < 1.29 is 19.4 Å². The Morgan fingerprint density at radius 1 is 1.10 bits per heavy atom. The number of carboxylic acid groups (broad SMARTS) is 1. The zero-order chi connectivity index (χ0) is 15.5. The Kier molecular flexibility index (Phi) is 5.25. The second-order valence-electron chi connectivity index (χ2n) is 6.73. The van der Waals surface area contributed by atoms with Gasteiger partial charge < -0.3 is 14.7 Å². The molecule has 2 rings (SSSR count). The lowest BCUT2D eigenvalue weighted by Gasteiger charge is -2.37. The predicted octanol–water partition coefficient (Wildman–Crippen LogP) is 2.44. The van der Waals surface area contributed by atoms with Crippen molar-refractivity contribution in [1.29, 1.82) is 0 Å². The Balaban J connectivity index is 2.05. The molecule has 1 aliphatic carbocycles. The highest BCUT2D eigenvalue weighted by atomic mass is 16.5. The maximum Gasteiger partial charge on any atom is 0.310 e. The fourth-order valence-electron chi connectivity index (χ4n) is 3.65. The van der Waals surface area contributed by atoms with E-state index in [0.717, 1.165) is 25.7 Å². The van der Waals surface area contributed by atoms with Crippen LogP contribution >= 0.6 is 0 Å². The van der Waals surface area contributed by atoms with Gasteiger partial charge in [0.15, 0.2) is 0 Å². The van der Waals surface area contributed by atoms with Gasteiger partial charge in [-0.25, -0.2) is 0 Å². The van der Waals surface area contributed by atoms with Gasteiger partial charge in [0, 0.05) is 19.5 Å². The third-order valence-corrected chi connectivity index (χ3v) is 4.78. The lowest BCUT2D eigenvalue weighted by Crippen LogP contribution is -2.50. The average Bonchev–Trinajstić information content (AvgIpc) is 2.64. The molecule has 0 aromatic heterocycles. The number of hydrogen-bond acceptors (Lipinski definition) is 3. The molecule has 2 unspecified atom stereocenters. The number of carbonyl (C=O) groups is 2. The van der Waals surface area contributed by atoms with Crippen molar-refractivity contribution in [2.45, 2.75) is 71.0 Å². The molecule has 21 heavy (non-hydrogen) atoms. The van der Waals surface area contributed by atoms with E-state index in [9.17, 15) is 14.7 Å². The van der Waals surface area contributed by atoms with Crippen LogP contribution in [0, 0.1) is 5.41 Å². The molecule has 5 nitrogen and oxygen atoms in total. The minimum Gasteiger partial charge on any atom is -0.481 e. The van der Waals surface area contributed by atoms with Crippen LogP contribution in [-0.2, 0) is 14.3 Å². The standard InChI is InChI=1S/C16H27NO4/c1-12-10-17(11-13(2)21-12)14(18)9-16(15(19)20)7-5-3-4-6-8-16/h12-13H,3-11H2,1-2H3,(H,19,20). The molecular weight excluding hydrogens is 270 g/mol. The van der Waals surface area contributed by atoms with Gasteiger partial charge >= 0.3 is 5.97 Å². The van der Waals surface area contributed by atoms with Crippen LogP contribution in [0.3, 0.4) is 0 Å². The summed E-state index contributed by atoms with van der Waals surface area (Å²) in [7, 11) is 0. The van der Waals surface area contributed by atoms with Gasteiger partial charge in [-0.1, -0.05) is 25.7 Å². The molecule has 120 valence electrons. The summed E-state index contributed by atoms with van der Waals surface area (Å²) in [5.74, 6) is -0.826. The first-order valence-electron chi connectivity index (χ1n) is 8.09. The SMILES string of the molecule is CC1CN(C(=O)CC2(C(=O)O)CCCCCC2)CC(C)O1. The normalized spacial score (nSPS) is 29.7. The fraction of sp³-hybridized carbons (Fsp3) is 0.875. The first-order chi connectivity index (χ1) is 9.93. The lowest BCUT2D eigenvalue weighted by molar-refractivity contribution is -0.158. The Bertz CT molecular complexity index is 378. The molecule has 1 N–H and O–H groups in total. The summed E-state index contributed by atoms with van der Waals surface area (Å²) >= 11 is 0. The van der Waals surface area contributed by atoms with Crippen LogP contribution in [-0.4, -0.2) is 47.2 Å². The van der Waals surface area contributed by atoms with Gasteiger partial charge in [0.05, 0.1) is 17.6 Å². The molecule has 0 radical (unpaired) electrons. The van der Waals surface area contributed by atoms with E-state index in [2.05, 4.69) is 0 Å². The molecule has 2 fully saturated rings. The molecule has 2 aliphatic rings. The highest BCUT2D eigenvalue weighted by Crippen LogP contribution is 2.39. The van der Waals surface area contributed by atoms with E-state index in [1.807, 2.05) is 13.8 Å². The summed E-state index contributed by atoms with van der Waals surface area (Å²) in [5, 5.41) is 9.67. The van der Waals surface area contributed by atoms with Crippen LogP contribution < -0.4 is 0 Å². The van der Waals surface area contributed by atoms with E-state index in [-0.39, 0.29) is 24.5 Å². The zero-order valence-electron chi connectivity index (χ0n) is 13.1. The van der Waals surface area contributed by atoms with Gasteiger partial charge in [-0.15, -0.1) is 0 Å². The van der Waals surface area contributed by atoms with E-state index in [1.165, 1.54) is 0 Å². The van der Waals surface area contributed by atoms with Gasteiger partial charge in [0.25, 0.3) is 0 Å². The summed E-state index contributed by atoms with van der Waals surface area (Å²) in [6, 6.07) is 0. The van der Waals surface area contributed by atoms with E-state index in [1.54, 1.807) is 4.90 Å². The number of morpholine rings is 1. The summed E-state index contributed by atoms with van der Waals surface area (Å²) in [4.78, 5) is 26.2.